The summed E-state index contributed by atoms with van der Waals surface area (Å²) < 4.78 is 2.17. The average Bonchev–Trinajstić information content (AvgIpc) is 2.67. The molecule has 1 aromatic carbocycles. The Morgan fingerprint density at radius 2 is 1.89 bits per heavy atom. The molecule has 0 aliphatic heterocycles. The van der Waals surface area contributed by atoms with Crippen molar-refractivity contribution in [3.63, 3.8) is 0 Å². The molecule has 0 fully saturated rings. The van der Waals surface area contributed by atoms with Crippen molar-refractivity contribution in [2.24, 2.45) is 5.73 Å². The second kappa shape index (κ2) is 4.50. The summed E-state index contributed by atoms with van der Waals surface area (Å²) in [5.74, 6) is 0.991. The molecule has 0 unspecified atom stereocenters. The number of aromatic nitrogens is 2. The number of halogens is 1. The molecule has 0 radical (unpaired) electrons. The van der Waals surface area contributed by atoms with Crippen LogP contribution in [0.1, 0.15) is 40.4 Å². The molecule has 2 N–H and O–H groups in total. The predicted molar refractivity (Wildman–Crippen MR) is 81.7 cm³/mol. The third-order valence-corrected chi connectivity index (χ3v) is 4.51. The average molecular weight is 280 g/mol. The molecule has 2 aromatic rings. The van der Waals surface area contributed by atoms with Gasteiger partial charge >= 0.3 is 0 Å². The summed E-state index contributed by atoms with van der Waals surface area (Å²) in [5, 5.41) is 0.740. The zero-order chi connectivity index (χ0) is 14.4. The number of fused-ring (bicyclic) bond motifs is 1. The number of hydrogen-bond acceptors (Lipinski definition) is 2. The van der Waals surface area contributed by atoms with E-state index >= 15 is 0 Å². The van der Waals surface area contributed by atoms with Gasteiger partial charge in [0.05, 0.1) is 16.1 Å². The largest absolute Gasteiger partial charge is 0.327 e. The minimum Gasteiger partial charge on any atom is -0.327 e. The molecular weight excluding hydrogens is 258 g/mol. The van der Waals surface area contributed by atoms with Gasteiger partial charge in [0.1, 0.15) is 5.82 Å². The van der Waals surface area contributed by atoms with Crippen molar-refractivity contribution in [1.82, 2.24) is 9.55 Å². The van der Waals surface area contributed by atoms with Crippen LogP contribution in [-0.4, -0.2) is 15.1 Å². The molecule has 4 heteroatoms. The van der Waals surface area contributed by atoms with Crippen LogP contribution in [-0.2, 0) is 12.0 Å². The number of benzene rings is 1. The SMILES string of the molecule is CCn1c(C(C)(C)C(C)(C)N)nc2cccc(Cl)c21. The number of nitrogens with two attached hydrogens (primary N) is 1. The molecule has 19 heavy (non-hydrogen) atoms. The van der Waals surface area contributed by atoms with Gasteiger partial charge in [-0.15, -0.1) is 0 Å². The molecule has 104 valence electrons. The van der Waals surface area contributed by atoms with Gasteiger partial charge in [0.2, 0.25) is 0 Å². The molecule has 0 aliphatic rings. The van der Waals surface area contributed by atoms with E-state index in [9.17, 15) is 0 Å². The third-order valence-electron chi connectivity index (χ3n) is 4.20. The van der Waals surface area contributed by atoms with Crippen molar-refractivity contribution in [3.05, 3.63) is 29.0 Å². The van der Waals surface area contributed by atoms with Gasteiger partial charge in [-0.05, 0) is 32.9 Å². The van der Waals surface area contributed by atoms with Crippen LogP contribution in [0.15, 0.2) is 18.2 Å². The first-order chi connectivity index (χ1) is 8.70. The highest BCUT2D eigenvalue weighted by atomic mass is 35.5. The molecule has 0 aliphatic carbocycles. The lowest BCUT2D eigenvalue weighted by atomic mass is 9.74. The van der Waals surface area contributed by atoms with Gasteiger partial charge in [-0.3, -0.25) is 0 Å². The van der Waals surface area contributed by atoms with E-state index in [1.807, 2.05) is 32.0 Å². The molecular formula is C15H22ClN3. The Balaban J connectivity index is 2.79. The molecule has 0 atom stereocenters. The normalized spacial score (nSPS) is 13.2. The molecule has 1 heterocycles. The first-order valence-corrected chi connectivity index (χ1v) is 7.02. The number of para-hydroxylation sites is 1. The number of imidazole rings is 1. The smallest absolute Gasteiger partial charge is 0.117 e. The Morgan fingerprint density at radius 3 is 2.42 bits per heavy atom. The van der Waals surface area contributed by atoms with Crippen LogP contribution in [0.25, 0.3) is 11.0 Å². The van der Waals surface area contributed by atoms with Crippen molar-refractivity contribution >= 4 is 22.6 Å². The van der Waals surface area contributed by atoms with Gasteiger partial charge in [0.25, 0.3) is 0 Å². The highest BCUT2D eigenvalue weighted by Crippen LogP contribution is 2.36. The number of rotatable bonds is 3. The van der Waals surface area contributed by atoms with Gasteiger partial charge in [-0.25, -0.2) is 4.98 Å². The summed E-state index contributed by atoms with van der Waals surface area (Å²) in [5.41, 5.74) is 7.66. The van der Waals surface area contributed by atoms with E-state index in [1.165, 1.54) is 0 Å². The van der Waals surface area contributed by atoms with E-state index in [0.717, 1.165) is 28.4 Å². The number of aryl methyl sites for hydroxylation is 1. The lowest BCUT2D eigenvalue weighted by Gasteiger charge is -2.38. The summed E-state index contributed by atoms with van der Waals surface area (Å²) in [4.78, 5) is 4.78. The molecule has 2 rings (SSSR count). The predicted octanol–water partition coefficient (Wildman–Crippen LogP) is 3.72. The van der Waals surface area contributed by atoms with Gasteiger partial charge < -0.3 is 10.3 Å². The standard InChI is InChI=1S/C15H22ClN3/c1-6-19-12-10(16)8-7-9-11(12)18-13(19)14(2,3)15(4,5)17/h7-9H,6,17H2,1-5H3. The van der Waals surface area contributed by atoms with Gasteiger partial charge in [-0.1, -0.05) is 31.5 Å². The van der Waals surface area contributed by atoms with Gasteiger partial charge in [0.15, 0.2) is 0 Å². The minimum absolute atomic E-state index is 0.245. The molecule has 0 bridgehead atoms. The zero-order valence-corrected chi connectivity index (χ0v) is 13.0. The Morgan fingerprint density at radius 1 is 1.26 bits per heavy atom. The summed E-state index contributed by atoms with van der Waals surface area (Å²) in [6.45, 7) is 11.3. The van der Waals surface area contributed by atoms with Gasteiger partial charge in [0, 0.05) is 17.5 Å². The van der Waals surface area contributed by atoms with E-state index < -0.39 is 0 Å². The summed E-state index contributed by atoms with van der Waals surface area (Å²) >= 11 is 6.33. The van der Waals surface area contributed by atoms with E-state index in [-0.39, 0.29) is 11.0 Å². The van der Waals surface area contributed by atoms with Crippen molar-refractivity contribution in [2.45, 2.75) is 52.1 Å². The lowest BCUT2D eigenvalue weighted by molar-refractivity contribution is 0.283. The summed E-state index contributed by atoms with van der Waals surface area (Å²) in [6, 6.07) is 5.83. The second-order valence-electron chi connectivity index (χ2n) is 6.13. The fourth-order valence-electron chi connectivity index (χ4n) is 2.21. The third kappa shape index (κ3) is 2.15. The van der Waals surface area contributed by atoms with E-state index in [1.54, 1.807) is 0 Å². The van der Waals surface area contributed by atoms with Gasteiger partial charge in [-0.2, -0.15) is 0 Å². The molecule has 0 spiro atoms. The monoisotopic (exact) mass is 279 g/mol. The van der Waals surface area contributed by atoms with Crippen molar-refractivity contribution in [3.8, 4) is 0 Å². The fourth-order valence-corrected chi connectivity index (χ4v) is 2.49. The van der Waals surface area contributed by atoms with Crippen LogP contribution < -0.4 is 5.73 Å². The number of nitrogens with zero attached hydrogens (tertiary/aromatic N) is 2. The van der Waals surface area contributed by atoms with Crippen LogP contribution in [0, 0.1) is 0 Å². The topological polar surface area (TPSA) is 43.8 Å². The van der Waals surface area contributed by atoms with Crippen LogP contribution >= 0.6 is 11.6 Å². The Labute approximate surface area is 119 Å². The Hall–Kier alpha value is -1.06. The van der Waals surface area contributed by atoms with Crippen LogP contribution in [0.3, 0.4) is 0 Å². The van der Waals surface area contributed by atoms with Crippen molar-refractivity contribution < 1.29 is 0 Å². The molecule has 0 saturated carbocycles. The minimum atomic E-state index is -0.367. The molecule has 1 aromatic heterocycles. The molecule has 3 nitrogen and oxygen atoms in total. The highest BCUT2D eigenvalue weighted by Gasteiger charge is 2.39. The van der Waals surface area contributed by atoms with E-state index in [0.29, 0.717) is 0 Å². The van der Waals surface area contributed by atoms with Crippen LogP contribution in [0.2, 0.25) is 5.02 Å². The second-order valence-corrected chi connectivity index (χ2v) is 6.54. The number of hydrogen-bond donors (Lipinski definition) is 1. The van der Waals surface area contributed by atoms with Crippen molar-refractivity contribution in [1.29, 1.82) is 0 Å². The maximum Gasteiger partial charge on any atom is 0.117 e. The maximum absolute atomic E-state index is 6.34. The van der Waals surface area contributed by atoms with E-state index in [4.69, 9.17) is 22.3 Å². The first-order valence-electron chi connectivity index (χ1n) is 6.64. The first kappa shape index (κ1) is 14.4. The molecule has 0 amide bonds. The van der Waals surface area contributed by atoms with E-state index in [2.05, 4.69) is 25.3 Å². The fraction of sp³-hybridized carbons (Fsp3) is 0.533. The quantitative estimate of drug-likeness (QED) is 0.930. The van der Waals surface area contributed by atoms with Crippen LogP contribution in [0.5, 0.6) is 0 Å². The maximum atomic E-state index is 6.34. The summed E-state index contributed by atoms with van der Waals surface area (Å²) in [6.07, 6.45) is 0. The summed E-state index contributed by atoms with van der Waals surface area (Å²) in [7, 11) is 0. The Kier molecular flexibility index (Phi) is 3.40. The highest BCUT2D eigenvalue weighted by molar-refractivity contribution is 6.35. The molecule has 0 saturated heterocycles. The zero-order valence-electron chi connectivity index (χ0n) is 12.3. The van der Waals surface area contributed by atoms with Crippen LogP contribution in [0.4, 0.5) is 0 Å². The Bertz CT molecular complexity index is 606. The lowest BCUT2D eigenvalue weighted by Crippen LogP contribution is -2.51. The van der Waals surface area contributed by atoms with Crippen molar-refractivity contribution in [2.75, 3.05) is 0 Å².